The van der Waals surface area contributed by atoms with E-state index in [9.17, 15) is 4.79 Å². The van der Waals surface area contributed by atoms with E-state index in [-0.39, 0.29) is 0 Å². The van der Waals surface area contributed by atoms with Crippen LogP contribution in [0.4, 0.5) is 5.69 Å². The first-order valence-corrected chi connectivity index (χ1v) is 7.55. The number of rotatable bonds is 4. The molecule has 0 radical (unpaired) electrons. The van der Waals surface area contributed by atoms with Crippen molar-refractivity contribution >= 4 is 12.0 Å². The molecular formula is C17H26N2O. The Balaban J connectivity index is 2.07. The summed E-state index contributed by atoms with van der Waals surface area (Å²) >= 11 is 0. The molecule has 0 aliphatic carbocycles. The highest BCUT2D eigenvalue weighted by molar-refractivity contribution is 5.79. The van der Waals surface area contributed by atoms with E-state index < -0.39 is 0 Å². The molecule has 1 aromatic carbocycles. The molecule has 0 bridgehead atoms. The van der Waals surface area contributed by atoms with Crippen molar-refractivity contribution in [2.45, 2.75) is 27.7 Å². The predicted octanol–water partition coefficient (Wildman–Crippen LogP) is 2.89. The maximum Gasteiger partial charge on any atom is 0.150 e. The molecule has 1 aromatic rings. The minimum Gasteiger partial charge on any atom is -0.369 e. The quantitative estimate of drug-likeness (QED) is 0.789. The summed E-state index contributed by atoms with van der Waals surface area (Å²) in [7, 11) is 0. The molecule has 1 aliphatic rings. The van der Waals surface area contributed by atoms with E-state index in [2.05, 4.69) is 36.6 Å². The lowest BCUT2D eigenvalue weighted by Gasteiger charge is -2.37. The molecule has 1 heterocycles. The van der Waals surface area contributed by atoms with Gasteiger partial charge in [-0.25, -0.2) is 0 Å². The van der Waals surface area contributed by atoms with Crippen LogP contribution in [0.2, 0.25) is 0 Å². The Bertz CT molecular complexity index is 474. The van der Waals surface area contributed by atoms with Gasteiger partial charge in [0.2, 0.25) is 0 Å². The van der Waals surface area contributed by atoms with E-state index in [0.29, 0.717) is 0 Å². The largest absolute Gasteiger partial charge is 0.369 e. The fourth-order valence-corrected chi connectivity index (χ4v) is 2.98. The molecule has 110 valence electrons. The van der Waals surface area contributed by atoms with Crippen molar-refractivity contribution in [1.82, 2.24) is 4.90 Å². The van der Waals surface area contributed by atoms with E-state index in [1.54, 1.807) is 0 Å². The van der Waals surface area contributed by atoms with Gasteiger partial charge in [-0.1, -0.05) is 13.8 Å². The second kappa shape index (κ2) is 6.40. The van der Waals surface area contributed by atoms with Gasteiger partial charge in [-0.15, -0.1) is 0 Å². The van der Waals surface area contributed by atoms with Crippen LogP contribution in [0, 0.1) is 19.8 Å². The summed E-state index contributed by atoms with van der Waals surface area (Å²) in [6, 6.07) is 4.18. The lowest BCUT2D eigenvalue weighted by atomic mass is 10.0. The summed E-state index contributed by atoms with van der Waals surface area (Å²) in [6.45, 7) is 14.3. The molecule has 3 nitrogen and oxygen atoms in total. The number of anilines is 1. The van der Waals surface area contributed by atoms with E-state index in [1.807, 2.05) is 13.0 Å². The highest BCUT2D eigenvalue weighted by Gasteiger charge is 2.19. The number of hydrogen-bond donors (Lipinski definition) is 0. The van der Waals surface area contributed by atoms with Crippen LogP contribution in [-0.2, 0) is 0 Å². The third-order valence-electron chi connectivity index (χ3n) is 4.05. The van der Waals surface area contributed by atoms with Crippen molar-refractivity contribution in [2.24, 2.45) is 5.92 Å². The van der Waals surface area contributed by atoms with Crippen LogP contribution < -0.4 is 4.90 Å². The van der Waals surface area contributed by atoms with Crippen molar-refractivity contribution in [3.63, 3.8) is 0 Å². The number of benzene rings is 1. The van der Waals surface area contributed by atoms with Crippen LogP contribution in [-0.4, -0.2) is 43.9 Å². The molecule has 2 rings (SSSR count). The first-order valence-electron chi connectivity index (χ1n) is 7.55. The van der Waals surface area contributed by atoms with E-state index in [1.165, 1.54) is 17.8 Å². The fraction of sp³-hybridized carbons (Fsp3) is 0.588. The third-order valence-corrected chi connectivity index (χ3v) is 4.05. The minimum atomic E-state index is 0.734. The van der Waals surface area contributed by atoms with Gasteiger partial charge in [0, 0.05) is 44.0 Å². The molecule has 1 saturated heterocycles. The summed E-state index contributed by atoms with van der Waals surface area (Å²) in [6.07, 6.45) is 0.951. The van der Waals surface area contributed by atoms with Crippen LogP contribution >= 0.6 is 0 Å². The first-order chi connectivity index (χ1) is 9.51. The van der Waals surface area contributed by atoms with E-state index in [4.69, 9.17) is 0 Å². The molecule has 0 N–H and O–H groups in total. The van der Waals surface area contributed by atoms with Gasteiger partial charge < -0.3 is 4.90 Å². The summed E-state index contributed by atoms with van der Waals surface area (Å²) in [4.78, 5) is 16.0. The van der Waals surface area contributed by atoms with Crippen LogP contribution in [0.25, 0.3) is 0 Å². The lowest BCUT2D eigenvalue weighted by molar-refractivity contribution is 0.112. The SMILES string of the molecule is Cc1cc(N2CCN(CC(C)C)CC2)c(C)cc1C=O. The summed E-state index contributed by atoms with van der Waals surface area (Å²) in [5.41, 5.74) is 4.38. The molecule has 0 unspecified atom stereocenters. The zero-order valence-electron chi connectivity index (χ0n) is 13.1. The topological polar surface area (TPSA) is 23.6 Å². The number of carbonyl (C=O) groups is 1. The van der Waals surface area contributed by atoms with Gasteiger partial charge in [-0.3, -0.25) is 9.69 Å². The molecule has 3 heteroatoms. The van der Waals surface area contributed by atoms with Gasteiger partial charge in [-0.2, -0.15) is 0 Å². The molecule has 0 aromatic heterocycles. The smallest absolute Gasteiger partial charge is 0.150 e. The lowest BCUT2D eigenvalue weighted by Crippen LogP contribution is -2.47. The zero-order valence-corrected chi connectivity index (χ0v) is 13.1. The average Bonchev–Trinajstić information content (AvgIpc) is 2.41. The Morgan fingerprint density at radius 1 is 1.10 bits per heavy atom. The highest BCUT2D eigenvalue weighted by atomic mass is 16.1. The van der Waals surface area contributed by atoms with Gasteiger partial charge in [0.1, 0.15) is 6.29 Å². The zero-order chi connectivity index (χ0) is 14.7. The van der Waals surface area contributed by atoms with Crippen LogP contribution in [0.3, 0.4) is 0 Å². The van der Waals surface area contributed by atoms with E-state index >= 15 is 0 Å². The molecule has 0 amide bonds. The van der Waals surface area contributed by atoms with Crippen molar-refractivity contribution in [1.29, 1.82) is 0 Å². The maximum absolute atomic E-state index is 11.0. The first kappa shape index (κ1) is 15.0. The Morgan fingerprint density at radius 2 is 1.75 bits per heavy atom. The number of hydrogen-bond acceptors (Lipinski definition) is 3. The maximum atomic E-state index is 11.0. The van der Waals surface area contributed by atoms with Crippen molar-refractivity contribution in [2.75, 3.05) is 37.6 Å². The number of piperazine rings is 1. The third kappa shape index (κ3) is 3.40. The normalized spacial score (nSPS) is 16.8. The van der Waals surface area contributed by atoms with Gasteiger partial charge in [-0.05, 0) is 43.0 Å². The number of aldehydes is 1. The Labute approximate surface area is 122 Å². The van der Waals surface area contributed by atoms with Crippen LogP contribution in [0.5, 0.6) is 0 Å². The molecular weight excluding hydrogens is 248 g/mol. The predicted molar refractivity (Wildman–Crippen MR) is 84.8 cm³/mol. The summed E-state index contributed by atoms with van der Waals surface area (Å²) in [5.74, 6) is 0.734. The van der Waals surface area contributed by atoms with Crippen molar-refractivity contribution in [3.8, 4) is 0 Å². The van der Waals surface area contributed by atoms with Gasteiger partial charge >= 0.3 is 0 Å². The number of nitrogens with zero attached hydrogens (tertiary/aromatic N) is 2. The fourth-order valence-electron chi connectivity index (χ4n) is 2.98. The van der Waals surface area contributed by atoms with Crippen LogP contribution in [0.15, 0.2) is 12.1 Å². The van der Waals surface area contributed by atoms with Gasteiger partial charge in [0.15, 0.2) is 0 Å². The van der Waals surface area contributed by atoms with E-state index in [0.717, 1.165) is 49.5 Å². The molecule has 1 fully saturated rings. The van der Waals surface area contributed by atoms with Crippen molar-refractivity contribution < 1.29 is 4.79 Å². The molecule has 0 spiro atoms. The Hall–Kier alpha value is -1.35. The van der Waals surface area contributed by atoms with Crippen LogP contribution in [0.1, 0.15) is 35.3 Å². The van der Waals surface area contributed by atoms with Gasteiger partial charge in [0.25, 0.3) is 0 Å². The molecule has 0 atom stereocenters. The van der Waals surface area contributed by atoms with Crippen molar-refractivity contribution in [3.05, 3.63) is 28.8 Å². The molecule has 20 heavy (non-hydrogen) atoms. The second-order valence-electron chi connectivity index (χ2n) is 6.29. The number of carbonyl (C=O) groups excluding carboxylic acids is 1. The highest BCUT2D eigenvalue weighted by Crippen LogP contribution is 2.25. The summed E-state index contributed by atoms with van der Waals surface area (Å²) < 4.78 is 0. The second-order valence-corrected chi connectivity index (χ2v) is 6.29. The monoisotopic (exact) mass is 274 g/mol. The Kier molecular flexibility index (Phi) is 4.81. The molecule has 1 aliphatic heterocycles. The Morgan fingerprint density at radius 3 is 2.30 bits per heavy atom. The molecule has 0 saturated carbocycles. The standard InChI is InChI=1S/C17H26N2O/c1-13(2)11-18-5-7-19(8-6-18)17-10-14(3)16(12-20)9-15(17)4/h9-10,12-13H,5-8,11H2,1-4H3. The average molecular weight is 274 g/mol. The minimum absolute atomic E-state index is 0.734. The number of aryl methyl sites for hydroxylation is 2. The van der Waals surface area contributed by atoms with Gasteiger partial charge in [0.05, 0.1) is 0 Å². The summed E-state index contributed by atoms with van der Waals surface area (Å²) in [5, 5.41) is 0.